The Labute approximate surface area is 123 Å². The maximum atomic E-state index is 14.3. The highest BCUT2D eigenvalue weighted by Gasteiger charge is 2.65. The Kier molecular flexibility index (Phi) is 2.24. The maximum absolute atomic E-state index is 14.3. The molecule has 0 unspecified atom stereocenters. The van der Waals surface area contributed by atoms with Gasteiger partial charge in [0.05, 0.1) is 6.10 Å². The fourth-order valence-electron chi connectivity index (χ4n) is 5.69. The van der Waals surface area contributed by atoms with Crippen LogP contribution in [0.25, 0.3) is 0 Å². The molecule has 2 fully saturated rings. The Hall–Kier alpha value is -1.13. The summed E-state index contributed by atoms with van der Waals surface area (Å²) in [7, 11) is 2.20. The smallest absolute Gasteiger partial charge is 0.165 e. The van der Waals surface area contributed by atoms with E-state index in [0.29, 0.717) is 17.7 Å². The van der Waals surface area contributed by atoms with Crippen molar-refractivity contribution < 1.29 is 14.2 Å². The number of piperidine rings is 1. The van der Waals surface area contributed by atoms with Gasteiger partial charge < -0.3 is 14.7 Å². The fourth-order valence-corrected chi connectivity index (χ4v) is 5.69. The zero-order chi connectivity index (χ0) is 14.4. The molecule has 0 amide bonds. The highest BCUT2D eigenvalue weighted by Crippen LogP contribution is 2.62. The van der Waals surface area contributed by atoms with Crippen molar-refractivity contribution in [1.29, 1.82) is 0 Å². The van der Waals surface area contributed by atoms with E-state index >= 15 is 0 Å². The minimum Gasteiger partial charge on any atom is -0.483 e. The summed E-state index contributed by atoms with van der Waals surface area (Å²) in [5, 5.41) is 10.5. The molecule has 3 nitrogen and oxygen atoms in total. The molecule has 2 bridgehead atoms. The monoisotopic (exact) mass is 288 g/mol. The number of aliphatic hydroxyl groups is 1. The van der Waals surface area contributed by atoms with E-state index in [4.69, 9.17) is 4.74 Å². The van der Waals surface area contributed by atoms with Gasteiger partial charge in [-0.3, -0.25) is 0 Å². The number of rotatable bonds is 0. The molecule has 2 aliphatic heterocycles. The van der Waals surface area contributed by atoms with Crippen LogP contribution in [0.2, 0.25) is 0 Å². The van der Waals surface area contributed by atoms with Crippen molar-refractivity contribution in [3.05, 3.63) is 29.1 Å². The number of hydrogen-bond donors (Lipinski definition) is 1. The standard InChI is InChI=1S/C17H20FNO2/c1-19-7-6-17-10-3-5-13(20)16(17)21-15-11(18)4-2-9(14(15)17)8-12(10)19/h2,4,10,12-13,16,20H,3,5-8H2,1H3/t10-,12+,13-,16-,17-/m0/s1/i18-1. The van der Waals surface area contributed by atoms with Crippen molar-refractivity contribution in [2.24, 2.45) is 5.92 Å². The fraction of sp³-hybridized carbons (Fsp3) is 0.647. The summed E-state index contributed by atoms with van der Waals surface area (Å²) < 4.78 is 20.3. The summed E-state index contributed by atoms with van der Waals surface area (Å²) in [4.78, 5) is 2.45. The van der Waals surface area contributed by atoms with Gasteiger partial charge in [0.15, 0.2) is 11.6 Å². The Morgan fingerprint density at radius 3 is 3.10 bits per heavy atom. The van der Waals surface area contributed by atoms with Crippen LogP contribution >= 0.6 is 0 Å². The Balaban J connectivity index is 1.81. The lowest BCUT2D eigenvalue weighted by atomic mass is 9.51. The van der Waals surface area contributed by atoms with Crippen molar-refractivity contribution in [2.75, 3.05) is 13.6 Å². The minimum absolute atomic E-state index is 0.153. The molecule has 0 aromatic heterocycles. The molecule has 1 aromatic carbocycles. The Bertz CT molecular complexity index is 633. The molecule has 5 atom stereocenters. The van der Waals surface area contributed by atoms with Gasteiger partial charge in [-0.2, -0.15) is 0 Å². The van der Waals surface area contributed by atoms with Gasteiger partial charge in [-0.25, -0.2) is 4.39 Å². The lowest BCUT2D eigenvalue weighted by Crippen LogP contribution is -2.66. The van der Waals surface area contributed by atoms with Crippen molar-refractivity contribution in [2.45, 2.75) is 49.3 Å². The molecule has 1 saturated heterocycles. The molecule has 5 rings (SSSR count). The molecule has 4 aliphatic rings. The number of likely N-dealkylation sites (N-methyl/N-ethyl adjacent to an activating group) is 1. The molecule has 1 N–H and O–H groups in total. The van der Waals surface area contributed by atoms with Gasteiger partial charge in [-0.1, -0.05) is 6.07 Å². The first-order valence-electron chi connectivity index (χ1n) is 8.00. The van der Waals surface area contributed by atoms with Gasteiger partial charge >= 0.3 is 0 Å². The second kappa shape index (κ2) is 3.79. The van der Waals surface area contributed by atoms with Crippen LogP contribution in [-0.2, 0) is 11.8 Å². The topological polar surface area (TPSA) is 32.7 Å². The number of likely N-dealkylation sites (tertiary alicyclic amines) is 1. The summed E-state index contributed by atoms with van der Waals surface area (Å²) in [5.41, 5.74) is 2.18. The second-order valence-corrected chi connectivity index (χ2v) is 7.24. The van der Waals surface area contributed by atoms with Crippen LogP contribution < -0.4 is 4.74 Å². The highest BCUT2D eigenvalue weighted by molar-refractivity contribution is 5.55. The third kappa shape index (κ3) is 1.28. The average Bonchev–Trinajstić information content (AvgIpc) is 2.83. The van der Waals surface area contributed by atoms with E-state index in [-0.39, 0.29) is 17.3 Å². The lowest BCUT2D eigenvalue weighted by molar-refractivity contribution is -0.0995. The molecule has 0 radical (unpaired) electrons. The van der Waals surface area contributed by atoms with Gasteiger partial charge in [-0.15, -0.1) is 0 Å². The molecule has 112 valence electrons. The van der Waals surface area contributed by atoms with E-state index in [1.54, 1.807) is 0 Å². The number of ether oxygens (including phenoxy) is 1. The van der Waals surface area contributed by atoms with Gasteiger partial charge in [0, 0.05) is 17.0 Å². The zero-order valence-electron chi connectivity index (χ0n) is 12.2. The number of nitrogens with zero attached hydrogens (tertiary/aromatic N) is 1. The van der Waals surface area contributed by atoms with Crippen LogP contribution in [0, 0.1) is 11.7 Å². The van der Waals surface area contributed by atoms with E-state index in [1.807, 2.05) is 6.07 Å². The van der Waals surface area contributed by atoms with Gasteiger partial charge in [0.1, 0.15) is 6.10 Å². The summed E-state index contributed by atoms with van der Waals surface area (Å²) >= 11 is 0. The van der Waals surface area contributed by atoms with Crippen LogP contribution in [0.15, 0.2) is 12.1 Å². The van der Waals surface area contributed by atoms with E-state index in [2.05, 4.69) is 11.9 Å². The molecular formula is C17H20FNO2. The summed E-state index contributed by atoms with van der Waals surface area (Å²) in [6.07, 6.45) is 3.02. The van der Waals surface area contributed by atoms with Gasteiger partial charge in [0.2, 0.25) is 0 Å². The summed E-state index contributed by atoms with van der Waals surface area (Å²) in [5.74, 6) is 0.660. The van der Waals surface area contributed by atoms with E-state index in [9.17, 15) is 9.50 Å². The lowest BCUT2D eigenvalue weighted by Gasteiger charge is -2.58. The first-order valence-corrected chi connectivity index (χ1v) is 8.00. The number of aliphatic hydroxyl groups excluding tert-OH is 1. The van der Waals surface area contributed by atoms with Crippen LogP contribution in [0.1, 0.15) is 30.4 Å². The molecule has 1 spiro atoms. The SMILES string of the molecule is CN1CC[C@]23c4c5ccc([18F])c4O[C@H]2[C@@H](O)CC[C@H]3[C@H]1C5. The Morgan fingerprint density at radius 1 is 1.38 bits per heavy atom. The molecular weight excluding hydrogens is 268 g/mol. The number of hydrogen-bond acceptors (Lipinski definition) is 3. The van der Waals surface area contributed by atoms with Crippen LogP contribution in [-0.4, -0.2) is 41.8 Å². The predicted molar refractivity (Wildman–Crippen MR) is 76.0 cm³/mol. The van der Waals surface area contributed by atoms with E-state index in [1.165, 1.54) is 11.6 Å². The minimum atomic E-state index is -0.469. The normalized spacial score (nSPS) is 43.4. The quantitative estimate of drug-likeness (QED) is 0.791. The summed E-state index contributed by atoms with van der Waals surface area (Å²) in [6.45, 7) is 1.00. The second-order valence-electron chi connectivity index (χ2n) is 7.24. The van der Waals surface area contributed by atoms with Crippen molar-refractivity contribution in [1.82, 2.24) is 4.90 Å². The molecule has 1 aromatic rings. The first-order chi connectivity index (χ1) is 10.1. The highest BCUT2D eigenvalue weighted by atomic mass is 18.2. The van der Waals surface area contributed by atoms with E-state index < -0.39 is 6.10 Å². The van der Waals surface area contributed by atoms with Gasteiger partial charge in [-0.05, 0) is 56.8 Å². The molecule has 1 saturated carbocycles. The van der Waals surface area contributed by atoms with Crippen LogP contribution in [0.3, 0.4) is 0 Å². The van der Waals surface area contributed by atoms with Crippen molar-refractivity contribution in [3.8, 4) is 5.75 Å². The van der Waals surface area contributed by atoms with Gasteiger partial charge in [0.25, 0.3) is 0 Å². The van der Waals surface area contributed by atoms with Crippen LogP contribution in [0.4, 0.5) is 4.39 Å². The largest absolute Gasteiger partial charge is 0.483 e. The molecule has 4 heteroatoms. The first kappa shape index (κ1) is 12.4. The summed E-state index contributed by atoms with van der Waals surface area (Å²) in [6, 6.07) is 3.97. The zero-order valence-corrected chi connectivity index (χ0v) is 12.2. The van der Waals surface area contributed by atoms with Crippen molar-refractivity contribution in [3.63, 3.8) is 0 Å². The number of halogens is 1. The molecule has 2 heterocycles. The maximum Gasteiger partial charge on any atom is 0.165 e. The third-order valence-electron chi connectivity index (χ3n) is 6.54. The number of benzene rings is 1. The average molecular weight is 288 g/mol. The van der Waals surface area contributed by atoms with Crippen LogP contribution in [0.5, 0.6) is 5.75 Å². The molecule has 21 heavy (non-hydrogen) atoms. The van der Waals surface area contributed by atoms with E-state index in [0.717, 1.165) is 37.8 Å². The molecule has 2 aliphatic carbocycles. The Morgan fingerprint density at radius 2 is 2.24 bits per heavy atom. The third-order valence-corrected chi connectivity index (χ3v) is 6.54. The van der Waals surface area contributed by atoms with Crippen molar-refractivity contribution >= 4 is 0 Å². The predicted octanol–water partition coefficient (Wildman–Crippen LogP) is 1.86.